The van der Waals surface area contributed by atoms with Gasteiger partial charge in [-0.3, -0.25) is 4.90 Å². The highest BCUT2D eigenvalue weighted by molar-refractivity contribution is 4.69. The van der Waals surface area contributed by atoms with Crippen molar-refractivity contribution in [3.8, 4) is 0 Å². The number of nitrogens with zero attached hydrogens (tertiary/aromatic N) is 2. The van der Waals surface area contributed by atoms with Crippen molar-refractivity contribution >= 4 is 0 Å². The van der Waals surface area contributed by atoms with Gasteiger partial charge in [0.2, 0.25) is 0 Å². The number of hydrogen-bond donors (Lipinski definition) is 1. The monoisotopic (exact) mass is 273 g/mol. The van der Waals surface area contributed by atoms with Crippen molar-refractivity contribution in [3.05, 3.63) is 0 Å². The summed E-state index contributed by atoms with van der Waals surface area (Å²) in [5.74, 6) is 0. The fraction of sp³-hybridized carbons (Fsp3) is 1.00. The number of methoxy groups -OCH3 is 1. The van der Waals surface area contributed by atoms with Gasteiger partial charge in [-0.15, -0.1) is 0 Å². The van der Waals surface area contributed by atoms with Gasteiger partial charge in [-0.1, -0.05) is 0 Å². The molecule has 114 valence electrons. The molecule has 0 radical (unpaired) electrons. The molecule has 2 N–H and O–H groups in total. The lowest BCUT2D eigenvalue weighted by molar-refractivity contribution is 0.0577. The van der Waals surface area contributed by atoms with Crippen LogP contribution in [0.4, 0.5) is 0 Å². The second kappa shape index (κ2) is 11.6. The van der Waals surface area contributed by atoms with E-state index in [1.807, 2.05) is 0 Å². The predicted molar refractivity (Wildman–Crippen MR) is 78.5 cm³/mol. The third-order valence-corrected chi connectivity index (χ3v) is 3.59. The van der Waals surface area contributed by atoms with E-state index in [1.54, 1.807) is 7.11 Å². The third-order valence-electron chi connectivity index (χ3n) is 3.59. The maximum Gasteiger partial charge on any atom is 0.0700 e. The van der Waals surface area contributed by atoms with E-state index in [9.17, 15) is 0 Å². The quantitative estimate of drug-likeness (QED) is 0.584. The molecule has 0 bridgehead atoms. The van der Waals surface area contributed by atoms with Crippen LogP contribution in [0.2, 0.25) is 0 Å². The van der Waals surface area contributed by atoms with Crippen molar-refractivity contribution < 1.29 is 9.47 Å². The number of hydrogen-bond acceptors (Lipinski definition) is 5. The van der Waals surface area contributed by atoms with E-state index in [2.05, 4.69) is 9.80 Å². The Morgan fingerprint density at radius 1 is 0.895 bits per heavy atom. The van der Waals surface area contributed by atoms with Crippen LogP contribution in [0.3, 0.4) is 0 Å². The fourth-order valence-electron chi connectivity index (χ4n) is 2.39. The first kappa shape index (κ1) is 16.9. The van der Waals surface area contributed by atoms with E-state index in [0.29, 0.717) is 13.2 Å². The summed E-state index contributed by atoms with van der Waals surface area (Å²) < 4.78 is 10.5. The van der Waals surface area contributed by atoms with E-state index in [1.165, 1.54) is 39.0 Å². The van der Waals surface area contributed by atoms with E-state index < -0.39 is 0 Å². The van der Waals surface area contributed by atoms with Crippen molar-refractivity contribution in [2.75, 3.05) is 72.7 Å². The lowest BCUT2D eigenvalue weighted by Gasteiger charge is -2.21. The Kier molecular flexibility index (Phi) is 10.3. The van der Waals surface area contributed by atoms with E-state index in [-0.39, 0.29) is 0 Å². The normalized spacial score (nSPS) is 18.6. The van der Waals surface area contributed by atoms with Gasteiger partial charge in [0.1, 0.15) is 0 Å². The van der Waals surface area contributed by atoms with Crippen LogP contribution in [-0.2, 0) is 9.47 Å². The fourth-order valence-corrected chi connectivity index (χ4v) is 2.39. The molecule has 0 amide bonds. The van der Waals surface area contributed by atoms with Crippen LogP contribution in [-0.4, -0.2) is 82.5 Å². The standard InChI is InChI=1S/C14H31N3O2/c1-18-13-14-19-12-11-17-8-4-7-16(9-10-17)6-3-2-5-15/h2-15H2,1H3. The average Bonchev–Trinajstić information content (AvgIpc) is 2.65. The molecule has 0 aliphatic carbocycles. The summed E-state index contributed by atoms with van der Waals surface area (Å²) >= 11 is 0. The van der Waals surface area contributed by atoms with E-state index in [0.717, 1.165) is 32.7 Å². The first-order chi connectivity index (χ1) is 9.36. The van der Waals surface area contributed by atoms with Crippen LogP contribution in [0.5, 0.6) is 0 Å². The maximum atomic E-state index is 5.54. The molecule has 1 heterocycles. The molecule has 0 aromatic heterocycles. The van der Waals surface area contributed by atoms with Crippen molar-refractivity contribution in [2.24, 2.45) is 5.73 Å². The summed E-state index contributed by atoms with van der Waals surface area (Å²) in [6.07, 6.45) is 3.64. The molecule has 0 aromatic carbocycles. The van der Waals surface area contributed by atoms with Gasteiger partial charge in [0.15, 0.2) is 0 Å². The van der Waals surface area contributed by atoms with Crippen molar-refractivity contribution in [2.45, 2.75) is 19.3 Å². The number of unbranched alkanes of at least 4 members (excludes halogenated alkanes) is 1. The molecule has 1 rings (SSSR count). The highest BCUT2D eigenvalue weighted by Crippen LogP contribution is 2.04. The zero-order chi connectivity index (χ0) is 13.8. The highest BCUT2D eigenvalue weighted by atomic mass is 16.5. The molecule has 0 aromatic rings. The van der Waals surface area contributed by atoms with Crippen LogP contribution in [0.1, 0.15) is 19.3 Å². The Hall–Kier alpha value is -0.200. The molecule has 1 aliphatic rings. The van der Waals surface area contributed by atoms with Gasteiger partial charge >= 0.3 is 0 Å². The van der Waals surface area contributed by atoms with Crippen LogP contribution in [0, 0.1) is 0 Å². The van der Waals surface area contributed by atoms with Crippen LogP contribution < -0.4 is 5.73 Å². The summed E-state index contributed by atoms with van der Waals surface area (Å²) in [6, 6.07) is 0. The molecule has 5 heteroatoms. The largest absolute Gasteiger partial charge is 0.382 e. The third kappa shape index (κ3) is 8.55. The molecular formula is C14H31N3O2. The summed E-state index contributed by atoms with van der Waals surface area (Å²) in [4.78, 5) is 5.08. The molecule has 1 aliphatic heterocycles. The zero-order valence-electron chi connectivity index (χ0n) is 12.5. The van der Waals surface area contributed by atoms with Gasteiger partial charge in [-0.2, -0.15) is 0 Å². The topological polar surface area (TPSA) is 51.0 Å². The molecule has 0 unspecified atom stereocenters. The molecule has 5 nitrogen and oxygen atoms in total. The Labute approximate surface area is 118 Å². The van der Waals surface area contributed by atoms with Crippen LogP contribution >= 0.6 is 0 Å². The molecular weight excluding hydrogens is 242 g/mol. The lowest BCUT2D eigenvalue weighted by atomic mass is 10.3. The first-order valence-corrected chi connectivity index (χ1v) is 7.58. The minimum atomic E-state index is 0.689. The van der Waals surface area contributed by atoms with Crippen LogP contribution in [0.25, 0.3) is 0 Å². The summed E-state index contributed by atoms with van der Waals surface area (Å²) in [5.41, 5.74) is 5.54. The number of nitrogens with two attached hydrogens (primary N) is 1. The smallest absolute Gasteiger partial charge is 0.0700 e. The van der Waals surface area contributed by atoms with Gasteiger partial charge in [0.25, 0.3) is 0 Å². The molecule has 0 spiro atoms. The zero-order valence-corrected chi connectivity index (χ0v) is 12.5. The SMILES string of the molecule is COCCOCCN1CCCN(CCCCN)CC1. The Balaban J connectivity index is 2.05. The van der Waals surface area contributed by atoms with Gasteiger partial charge in [-0.05, 0) is 45.4 Å². The van der Waals surface area contributed by atoms with Gasteiger partial charge < -0.3 is 20.1 Å². The van der Waals surface area contributed by atoms with E-state index in [4.69, 9.17) is 15.2 Å². The lowest BCUT2D eigenvalue weighted by Crippen LogP contribution is -2.33. The molecule has 1 saturated heterocycles. The highest BCUT2D eigenvalue weighted by Gasteiger charge is 2.13. The number of ether oxygens (including phenoxy) is 2. The molecule has 1 fully saturated rings. The Bertz CT molecular complexity index is 205. The van der Waals surface area contributed by atoms with Crippen molar-refractivity contribution in [1.82, 2.24) is 9.80 Å². The Morgan fingerprint density at radius 2 is 1.63 bits per heavy atom. The molecule has 19 heavy (non-hydrogen) atoms. The number of rotatable bonds is 10. The second-order valence-corrected chi connectivity index (χ2v) is 5.14. The van der Waals surface area contributed by atoms with Gasteiger partial charge in [-0.25, -0.2) is 0 Å². The van der Waals surface area contributed by atoms with Crippen molar-refractivity contribution in [1.29, 1.82) is 0 Å². The molecule has 0 atom stereocenters. The first-order valence-electron chi connectivity index (χ1n) is 7.58. The summed E-state index contributed by atoms with van der Waals surface area (Å²) in [6.45, 7) is 10.0. The molecule has 0 saturated carbocycles. The maximum absolute atomic E-state index is 5.54. The van der Waals surface area contributed by atoms with Crippen LogP contribution in [0.15, 0.2) is 0 Å². The van der Waals surface area contributed by atoms with Gasteiger partial charge in [0, 0.05) is 26.7 Å². The minimum absolute atomic E-state index is 0.689. The second-order valence-electron chi connectivity index (χ2n) is 5.14. The summed E-state index contributed by atoms with van der Waals surface area (Å²) in [7, 11) is 1.71. The average molecular weight is 273 g/mol. The van der Waals surface area contributed by atoms with Gasteiger partial charge in [0.05, 0.1) is 19.8 Å². The Morgan fingerprint density at radius 3 is 2.32 bits per heavy atom. The predicted octanol–water partition coefficient (Wildman–Crippen LogP) is 0.396. The minimum Gasteiger partial charge on any atom is -0.382 e. The van der Waals surface area contributed by atoms with Crippen molar-refractivity contribution in [3.63, 3.8) is 0 Å². The van der Waals surface area contributed by atoms with E-state index >= 15 is 0 Å². The summed E-state index contributed by atoms with van der Waals surface area (Å²) in [5, 5.41) is 0.